The van der Waals surface area contributed by atoms with Crippen LogP contribution in [0.15, 0.2) is 30.3 Å². The van der Waals surface area contributed by atoms with Gasteiger partial charge in [-0.1, -0.05) is 18.2 Å². The van der Waals surface area contributed by atoms with E-state index in [-0.39, 0.29) is 0 Å². The van der Waals surface area contributed by atoms with Crippen molar-refractivity contribution < 1.29 is 0 Å². The van der Waals surface area contributed by atoms with Crippen LogP contribution in [0.5, 0.6) is 0 Å². The fraction of sp³-hybridized carbons (Fsp3) is 0.375. The third-order valence-corrected chi connectivity index (χ3v) is 3.84. The Morgan fingerprint density at radius 1 is 1.16 bits per heavy atom. The van der Waals surface area contributed by atoms with E-state index in [0.29, 0.717) is 5.84 Å². The number of nitrogens with one attached hydrogen (secondary N) is 1. The van der Waals surface area contributed by atoms with Gasteiger partial charge in [-0.15, -0.1) is 0 Å². The SMILES string of the molecule is Cc1cc(C(=N)N2CCCCC2)nc2ccccc12. The second-order valence-corrected chi connectivity index (χ2v) is 5.24. The predicted molar refractivity (Wildman–Crippen MR) is 78.7 cm³/mol. The largest absolute Gasteiger partial charge is 0.355 e. The van der Waals surface area contributed by atoms with E-state index in [4.69, 9.17) is 5.41 Å². The van der Waals surface area contributed by atoms with Crippen molar-refractivity contribution in [3.8, 4) is 0 Å². The van der Waals surface area contributed by atoms with Gasteiger partial charge in [0.25, 0.3) is 0 Å². The second-order valence-electron chi connectivity index (χ2n) is 5.24. The number of pyridine rings is 1. The zero-order valence-electron chi connectivity index (χ0n) is 11.3. The number of fused-ring (bicyclic) bond motifs is 1. The maximum atomic E-state index is 8.36. The van der Waals surface area contributed by atoms with Gasteiger partial charge in [0.1, 0.15) is 11.5 Å². The zero-order valence-corrected chi connectivity index (χ0v) is 11.3. The first-order valence-corrected chi connectivity index (χ1v) is 6.96. The van der Waals surface area contributed by atoms with Crippen LogP contribution < -0.4 is 0 Å². The normalized spacial score (nSPS) is 15.7. The van der Waals surface area contributed by atoms with E-state index in [0.717, 1.165) is 24.3 Å². The molecule has 1 saturated heterocycles. The molecule has 0 unspecified atom stereocenters. The molecule has 1 aliphatic rings. The lowest BCUT2D eigenvalue weighted by Crippen LogP contribution is -2.36. The summed E-state index contributed by atoms with van der Waals surface area (Å²) in [6.07, 6.45) is 3.66. The topological polar surface area (TPSA) is 40.0 Å². The van der Waals surface area contributed by atoms with Crippen LogP contribution in [-0.2, 0) is 0 Å². The summed E-state index contributed by atoms with van der Waals surface area (Å²) in [4.78, 5) is 6.80. The third-order valence-electron chi connectivity index (χ3n) is 3.84. The lowest BCUT2D eigenvalue weighted by atomic mass is 10.1. The highest BCUT2D eigenvalue weighted by atomic mass is 15.2. The summed E-state index contributed by atoms with van der Waals surface area (Å²) in [6, 6.07) is 10.2. The fourth-order valence-corrected chi connectivity index (χ4v) is 2.75. The van der Waals surface area contributed by atoms with Crippen molar-refractivity contribution in [1.82, 2.24) is 9.88 Å². The summed E-state index contributed by atoms with van der Waals surface area (Å²) in [6.45, 7) is 4.08. The van der Waals surface area contributed by atoms with Gasteiger partial charge < -0.3 is 4.90 Å². The molecule has 1 N–H and O–H groups in total. The molecule has 2 heterocycles. The number of aryl methyl sites for hydroxylation is 1. The molecule has 2 aromatic rings. The van der Waals surface area contributed by atoms with E-state index in [1.807, 2.05) is 24.3 Å². The molecule has 3 heteroatoms. The van der Waals surface area contributed by atoms with Gasteiger partial charge in [-0.25, -0.2) is 4.98 Å². The number of aromatic nitrogens is 1. The molecular weight excluding hydrogens is 234 g/mol. The van der Waals surface area contributed by atoms with E-state index in [9.17, 15) is 0 Å². The highest BCUT2D eigenvalue weighted by Crippen LogP contribution is 2.19. The van der Waals surface area contributed by atoms with Crippen LogP contribution in [0, 0.1) is 12.3 Å². The monoisotopic (exact) mass is 253 g/mol. The maximum absolute atomic E-state index is 8.36. The van der Waals surface area contributed by atoms with Crippen molar-refractivity contribution >= 4 is 16.7 Å². The van der Waals surface area contributed by atoms with Gasteiger partial charge in [-0.3, -0.25) is 5.41 Å². The Balaban J connectivity index is 1.98. The maximum Gasteiger partial charge on any atom is 0.147 e. The molecule has 1 aromatic heterocycles. The lowest BCUT2D eigenvalue weighted by Gasteiger charge is -2.28. The molecule has 3 rings (SSSR count). The minimum absolute atomic E-state index is 0.577. The fourth-order valence-electron chi connectivity index (χ4n) is 2.75. The Kier molecular flexibility index (Phi) is 3.20. The summed E-state index contributed by atoms with van der Waals surface area (Å²) in [7, 11) is 0. The van der Waals surface area contributed by atoms with Crippen molar-refractivity contribution in [3.05, 3.63) is 41.6 Å². The van der Waals surface area contributed by atoms with Crippen molar-refractivity contribution in [2.75, 3.05) is 13.1 Å². The lowest BCUT2D eigenvalue weighted by molar-refractivity contribution is 0.340. The van der Waals surface area contributed by atoms with Crippen LogP contribution in [-0.4, -0.2) is 28.8 Å². The summed E-state index contributed by atoms with van der Waals surface area (Å²) < 4.78 is 0. The van der Waals surface area contributed by atoms with Crippen LogP contribution >= 0.6 is 0 Å². The Morgan fingerprint density at radius 2 is 1.89 bits per heavy atom. The average Bonchev–Trinajstić information content (AvgIpc) is 2.47. The molecular formula is C16H19N3. The van der Waals surface area contributed by atoms with E-state index in [2.05, 4.69) is 22.9 Å². The van der Waals surface area contributed by atoms with Crippen molar-refractivity contribution in [1.29, 1.82) is 5.41 Å². The molecule has 0 radical (unpaired) electrons. The number of hydrogen-bond acceptors (Lipinski definition) is 2. The first-order chi connectivity index (χ1) is 9.25. The number of amidine groups is 1. The number of likely N-dealkylation sites (tertiary alicyclic amines) is 1. The van der Waals surface area contributed by atoms with Gasteiger partial charge in [0.05, 0.1) is 5.52 Å². The van der Waals surface area contributed by atoms with Crippen molar-refractivity contribution in [2.24, 2.45) is 0 Å². The van der Waals surface area contributed by atoms with Gasteiger partial charge in [0.2, 0.25) is 0 Å². The van der Waals surface area contributed by atoms with E-state index < -0.39 is 0 Å². The molecule has 0 amide bonds. The van der Waals surface area contributed by atoms with E-state index >= 15 is 0 Å². The van der Waals surface area contributed by atoms with Crippen molar-refractivity contribution in [2.45, 2.75) is 26.2 Å². The zero-order chi connectivity index (χ0) is 13.2. The van der Waals surface area contributed by atoms with Crippen LogP contribution in [0.25, 0.3) is 10.9 Å². The summed E-state index contributed by atoms with van der Waals surface area (Å²) in [5.41, 5.74) is 2.99. The van der Waals surface area contributed by atoms with Crippen LogP contribution in [0.1, 0.15) is 30.5 Å². The highest BCUT2D eigenvalue weighted by molar-refractivity contribution is 5.97. The number of para-hydroxylation sites is 1. The minimum atomic E-state index is 0.577. The first kappa shape index (κ1) is 12.2. The smallest absolute Gasteiger partial charge is 0.147 e. The molecule has 1 fully saturated rings. The van der Waals surface area contributed by atoms with E-state index in [1.54, 1.807) is 0 Å². The number of hydrogen-bond donors (Lipinski definition) is 1. The van der Waals surface area contributed by atoms with Crippen LogP contribution in [0.2, 0.25) is 0 Å². The standard InChI is InChI=1S/C16H19N3/c1-12-11-15(16(17)19-9-5-2-6-10-19)18-14-8-4-3-7-13(12)14/h3-4,7-8,11,17H,2,5-6,9-10H2,1H3. The molecule has 98 valence electrons. The molecule has 1 aliphatic heterocycles. The number of rotatable bonds is 1. The number of nitrogens with zero attached hydrogens (tertiary/aromatic N) is 2. The van der Waals surface area contributed by atoms with Crippen LogP contribution in [0.3, 0.4) is 0 Å². The number of benzene rings is 1. The predicted octanol–water partition coefficient (Wildman–Crippen LogP) is 3.35. The summed E-state index contributed by atoms with van der Waals surface area (Å²) in [5, 5.41) is 9.54. The molecule has 0 spiro atoms. The third kappa shape index (κ3) is 2.33. The average molecular weight is 253 g/mol. The van der Waals surface area contributed by atoms with E-state index in [1.165, 1.54) is 30.2 Å². The molecule has 3 nitrogen and oxygen atoms in total. The Bertz CT molecular complexity index is 612. The second kappa shape index (κ2) is 5.00. The van der Waals surface area contributed by atoms with Crippen LogP contribution in [0.4, 0.5) is 0 Å². The molecule has 0 aliphatic carbocycles. The summed E-state index contributed by atoms with van der Waals surface area (Å²) in [5.74, 6) is 0.577. The Morgan fingerprint density at radius 3 is 2.68 bits per heavy atom. The van der Waals surface area contributed by atoms with Gasteiger partial charge in [-0.2, -0.15) is 0 Å². The quantitative estimate of drug-likeness (QED) is 0.625. The molecule has 0 bridgehead atoms. The molecule has 19 heavy (non-hydrogen) atoms. The van der Waals surface area contributed by atoms with Gasteiger partial charge in [-0.05, 0) is 43.9 Å². The van der Waals surface area contributed by atoms with Gasteiger partial charge in [0.15, 0.2) is 0 Å². The molecule has 0 atom stereocenters. The Labute approximate surface area is 113 Å². The van der Waals surface area contributed by atoms with Gasteiger partial charge in [0, 0.05) is 18.5 Å². The molecule has 0 saturated carbocycles. The first-order valence-electron chi connectivity index (χ1n) is 6.96. The molecule has 1 aromatic carbocycles. The minimum Gasteiger partial charge on any atom is -0.355 e. The summed E-state index contributed by atoms with van der Waals surface area (Å²) >= 11 is 0. The highest BCUT2D eigenvalue weighted by Gasteiger charge is 2.16. The number of piperidine rings is 1. The Hall–Kier alpha value is -1.90. The van der Waals surface area contributed by atoms with Crippen molar-refractivity contribution in [3.63, 3.8) is 0 Å². The van der Waals surface area contributed by atoms with Gasteiger partial charge >= 0.3 is 0 Å².